The molecule has 1 aromatic carbocycles. The number of benzene rings is 1. The smallest absolute Gasteiger partial charge is 0.169 e. The molecular weight excluding hydrogens is 178 g/mol. The van der Waals surface area contributed by atoms with Crippen LogP contribution in [0.25, 0.3) is 0 Å². The Morgan fingerprint density at radius 1 is 1.36 bits per heavy atom. The number of hydrogen-bond donors (Lipinski definition) is 1. The van der Waals surface area contributed by atoms with Gasteiger partial charge in [0.2, 0.25) is 0 Å². The van der Waals surface area contributed by atoms with Gasteiger partial charge in [-0.2, -0.15) is 5.26 Å². The van der Waals surface area contributed by atoms with E-state index in [1.165, 1.54) is 0 Å². The minimum Gasteiger partial charge on any atom is -0.396 e. The SMILES string of the molecule is N#CC(OCCCO)c1ccccc1. The van der Waals surface area contributed by atoms with E-state index in [0.717, 1.165) is 5.56 Å². The molecule has 0 aliphatic rings. The van der Waals surface area contributed by atoms with Crippen LogP contribution in [-0.4, -0.2) is 18.3 Å². The predicted octanol–water partition coefficient (Wildman–Crippen LogP) is 1.65. The molecule has 3 heteroatoms. The molecule has 1 aromatic rings. The van der Waals surface area contributed by atoms with Gasteiger partial charge in [-0.15, -0.1) is 0 Å². The van der Waals surface area contributed by atoms with Crippen molar-refractivity contribution >= 4 is 0 Å². The van der Waals surface area contributed by atoms with Crippen molar-refractivity contribution < 1.29 is 9.84 Å². The highest BCUT2D eigenvalue weighted by molar-refractivity contribution is 5.21. The lowest BCUT2D eigenvalue weighted by molar-refractivity contribution is 0.0774. The summed E-state index contributed by atoms with van der Waals surface area (Å²) in [7, 11) is 0. The molecule has 14 heavy (non-hydrogen) atoms. The lowest BCUT2D eigenvalue weighted by Crippen LogP contribution is -2.04. The van der Waals surface area contributed by atoms with Gasteiger partial charge in [-0.25, -0.2) is 0 Å². The molecule has 0 radical (unpaired) electrons. The lowest BCUT2D eigenvalue weighted by atomic mass is 10.1. The van der Waals surface area contributed by atoms with Crippen molar-refractivity contribution in [3.8, 4) is 6.07 Å². The number of nitriles is 1. The number of ether oxygens (including phenoxy) is 1. The molecule has 0 fully saturated rings. The summed E-state index contributed by atoms with van der Waals surface area (Å²) < 4.78 is 5.30. The molecule has 0 aliphatic carbocycles. The molecule has 0 spiro atoms. The molecule has 1 atom stereocenters. The van der Waals surface area contributed by atoms with Gasteiger partial charge in [0.1, 0.15) is 0 Å². The van der Waals surface area contributed by atoms with Crippen LogP contribution in [0.1, 0.15) is 18.1 Å². The fourth-order valence-corrected chi connectivity index (χ4v) is 1.10. The average molecular weight is 191 g/mol. The first kappa shape index (κ1) is 10.7. The van der Waals surface area contributed by atoms with Gasteiger partial charge in [-0.1, -0.05) is 30.3 Å². The normalized spacial score (nSPS) is 12.0. The maximum Gasteiger partial charge on any atom is 0.169 e. The van der Waals surface area contributed by atoms with E-state index in [2.05, 4.69) is 6.07 Å². The van der Waals surface area contributed by atoms with Gasteiger partial charge in [-0.3, -0.25) is 0 Å². The molecule has 3 nitrogen and oxygen atoms in total. The maximum absolute atomic E-state index is 8.84. The van der Waals surface area contributed by atoms with E-state index in [-0.39, 0.29) is 6.61 Å². The van der Waals surface area contributed by atoms with Gasteiger partial charge < -0.3 is 9.84 Å². The van der Waals surface area contributed by atoms with E-state index >= 15 is 0 Å². The van der Waals surface area contributed by atoms with E-state index in [0.29, 0.717) is 13.0 Å². The molecule has 0 aliphatic heterocycles. The zero-order valence-corrected chi connectivity index (χ0v) is 7.89. The van der Waals surface area contributed by atoms with Gasteiger partial charge in [-0.05, 0) is 12.0 Å². The molecule has 1 N–H and O–H groups in total. The van der Waals surface area contributed by atoms with Gasteiger partial charge >= 0.3 is 0 Å². The summed E-state index contributed by atoms with van der Waals surface area (Å²) in [5.41, 5.74) is 0.855. The summed E-state index contributed by atoms with van der Waals surface area (Å²) in [5.74, 6) is 0. The number of nitrogens with zero attached hydrogens (tertiary/aromatic N) is 1. The van der Waals surface area contributed by atoms with Crippen LogP contribution in [0, 0.1) is 11.3 Å². The molecule has 1 unspecified atom stereocenters. The first-order valence-electron chi connectivity index (χ1n) is 4.55. The van der Waals surface area contributed by atoms with Gasteiger partial charge in [0.25, 0.3) is 0 Å². The Bertz CT molecular complexity index is 292. The quantitative estimate of drug-likeness (QED) is 0.720. The summed E-state index contributed by atoms with van der Waals surface area (Å²) in [4.78, 5) is 0. The zero-order valence-electron chi connectivity index (χ0n) is 7.89. The summed E-state index contributed by atoms with van der Waals surface area (Å²) in [6.07, 6.45) is 0.0353. The molecule has 0 saturated heterocycles. The summed E-state index contributed by atoms with van der Waals surface area (Å²) >= 11 is 0. The van der Waals surface area contributed by atoms with E-state index in [1.54, 1.807) is 0 Å². The van der Waals surface area contributed by atoms with Gasteiger partial charge in [0, 0.05) is 6.61 Å². The van der Waals surface area contributed by atoms with Crippen LogP contribution in [0.4, 0.5) is 0 Å². The molecular formula is C11H13NO2. The van der Waals surface area contributed by atoms with Crippen LogP contribution >= 0.6 is 0 Å². The topological polar surface area (TPSA) is 53.2 Å². The molecule has 0 aromatic heterocycles. The third-order valence-corrected chi connectivity index (χ3v) is 1.81. The fourth-order valence-electron chi connectivity index (χ4n) is 1.10. The summed E-state index contributed by atoms with van der Waals surface area (Å²) in [5, 5.41) is 17.4. The Hall–Kier alpha value is -1.37. The van der Waals surface area contributed by atoms with Crippen LogP contribution in [0.15, 0.2) is 30.3 Å². The molecule has 0 saturated carbocycles. The van der Waals surface area contributed by atoms with Gasteiger partial charge in [0.15, 0.2) is 6.10 Å². The number of aliphatic hydroxyl groups excluding tert-OH is 1. The second-order valence-corrected chi connectivity index (χ2v) is 2.87. The molecule has 0 amide bonds. The standard InChI is InChI=1S/C11H13NO2/c12-9-11(14-8-4-7-13)10-5-2-1-3-6-10/h1-3,5-6,11,13H,4,7-8H2. The van der Waals surface area contributed by atoms with Crippen LogP contribution in [-0.2, 0) is 4.74 Å². The Labute approximate surface area is 83.6 Å². The van der Waals surface area contributed by atoms with Crippen LogP contribution in [0.3, 0.4) is 0 Å². The third kappa shape index (κ3) is 3.17. The minimum atomic E-state index is -0.525. The molecule has 0 heterocycles. The van der Waals surface area contributed by atoms with E-state index in [9.17, 15) is 0 Å². The maximum atomic E-state index is 8.84. The Morgan fingerprint density at radius 2 is 2.07 bits per heavy atom. The molecule has 74 valence electrons. The van der Waals surface area contributed by atoms with E-state index in [4.69, 9.17) is 15.1 Å². The number of rotatable bonds is 5. The van der Waals surface area contributed by atoms with Crippen LogP contribution in [0.2, 0.25) is 0 Å². The predicted molar refractivity (Wildman–Crippen MR) is 52.5 cm³/mol. The largest absolute Gasteiger partial charge is 0.396 e. The average Bonchev–Trinajstić information content (AvgIpc) is 2.26. The van der Waals surface area contributed by atoms with Crippen molar-refractivity contribution in [2.24, 2.45) is 0 Å². The number of hydrogen-bond acceptors (Lipinski definition) is 3. The summed E-state index contributed by atoms with van der Waals surface area (Å²) in [6.45, 7) is 0.497. The van der Waals surface area contributed by atoms with Crippen molar-refractivity contribution in [3.63, 3.8) is 0 Å². The Kier molecular flexibility index (Phi) is 4.70. The molecule has 1 rings (SSSR count). The second kappa shape index (κ2) is 6.14. The monoisotopic (exact) mass is 191 g/mol. The highest BCUT2D eigenvalue weighted by Crippen LogP contribution is 2.15. The zero-order chi connectivity index (χ0) is 10.2. The molecule has 0 bridgehead atoms. The second-order valence-electron chi connectivity index (χ2n) is 2.87. The highest BCUT2D eigenvalue weighted by Gasteiger charge is 2.08. The van der Waals surface area contributed by atoms with E-state index < -0.39 is 6.10 Å². The Morgan fingerprint density at radius 3 is 2.64 bits per heavy atom. The first-order valence-corrected chi connectivity index (χ1v) is 4.55. The van der Waals surface area contributed by atoms with Crippen molar-refractivity contribution in [3.05, 3.63) is 35.9 Å². The van der Waals surface area contributed by atoms with Crippen molar-refractivity contribution in [2.75, 3.05) is 13.2 Å². The van der Waals surface area contributed by atoms with Crippen molar-refractivity contribution in [1.82, 2.24) is 0 Å². The Balaban J connectivity index is 2.52. The van der Waals surface area contributed by atoms with Crippen molar-refractivity contribution in [1.29, 1.82) is 5.26 Å². The van der Waals surface area contributed by atoms with E-state index in [1.807, 2.05) is 30.3 Å². The lowest BCUT2D eigenvalue weighted by Gasteiger charge is -2.09. The summed E-state index contributed by atoms with van der Waals surface area (Å²) in [6, 6.07) is 11.4. The van der Waals surface area contributed by atoms with Crippen LogP contribution < -0.4 is 0 Å². The highest BCUT2D eigenvalue weighted by atomic mass is 16.5. The van der Waals surface area contributed by atoms with Crippen molar-refractivity contribution in [2.45, 2.75) is 12.5 Å². The first-order chi connectivity index (χ1) is 6.88. The number of aliphatic hydroxyl groups is 1. The fraction of sp³-hybridized carbons (Fsp3) is 0.364. The van der Waals surface area contributed by atoms with Gasteiger partial charge in [0.05, 0.1) is 12.7 Å². The van der Waals surface area contributed by atoms with Crippen LogP contribution in [0.5, 0.6) is 0 Å². The third-order valence-electron chi connectivity index (χ3n) is 1.81. The minimum absolute atomic E-state index is 0.0902.